The summed E-state index contributed by atoms with van der Waals surface area (Å²) in [6.45, 7) is 4.01. The van der Waals surface area contributed by atoms with Crippen molar-refractivity contribution in [2.75, 3.05) is 26.9 Å². The fourth-order valence-electron chi connectivity index (χ4n) is 2.43. The molecule has 1 saturated heterocycles. The Labute approximate surface area is 125 Å². The summed E-state index contributed by atoms with van der Waals surface area (Å²) in [6.07, 6.45) is 2.36. The van der Waals surface area contributed by atoms with E-state index in [2.05, 4.69) is 11.4 Å². The van der Waals surface area contributed by atoms with Crippen LogP contribution in [0.15, 0.2) is 18.2 Å². The van der Waals surface area contributed by atoms with Gasteiger partial charge in [-0.3, -0.25) is 5.32 Å². The summed E-state index contributed by atoms with van der Waals surface area (Å²) in [5.74, 6) is 1.34. The quantitative estimate of drug-likeness (QED) is 0.835. The van der Waals surface area contributed by atoms with E-state index in [1.807, 2.05) is 25.1 Å². The van der Waals surface area contributed by atoms with Gasteiger partial charge in [0, 0.05) is 13.2 Å². The molecule has 1 aromatic rings. The number of nitrogens with zero attached hydrogens (tertiary/aromatic N) is 1. The van der Waals surface area contributed by atoms with E-state index in [1.54, 1.807) is 7.11 Å². The predicted octanol–water partition coefficient (Wildman–Crippen LogP) is 2.43. The molecular formula is C16H22N2O3. The van der Waals surface area contributed by atoms with Crippen LogP contribution in [0.2, 0.25) is 0 Å². The van der Waals surface area contributed by atoms with Crippen LogP contribution in [0.3, 0.4) is 0 Å². The van der Waals surface area contributed by atoms with Gasteiger partial charge in [0.15, 0.2) is 11.5 Å². The molecule has 0 saturated carbocycles. The first-order chi connectivity index (χ1) is 10.3. The number of hydrogen-bond acceptors (Lipinski definition) is 5. The second kappa shape index (κ2) is 7.87. The first kappa shape index (κ1) is 15.6. The van der Waals surface area contributed by atoms with Gasteiger partial charge in [-0.25, -0.2) is 0 Å². The maximum Gasteiger partial charge on any atom is 0.161 e. The second-order valence-electron chi connectivity index (χ2n) is 4.95. The highest BCUT2D eigenvalue weighted by atomic mass is 16.5. The number of hydrogen-bond donors (Lipinski definition) is 1. The topological polar surface area (TPSA) is 63.5 Å². The Morgan fingerprint density at radius 2 is 2.33 bits per heavy atom. The normalized spacial score (nSPS) is 19.0. The molecule has 2 rings (SSSR count). The van der Waals surface area contributed by atoms with Gasteiger partial charge >= 0.3 is 0 Å². The third-order valence-electron chi connectivity index (χ3n) is 3.52. The zero-order valence-corrected chi connectivity index (χ0v) is 12.6. The monoisotopic (exact) mass is 290 g/mol. The van der Waals surface area contributed by atoms with Gasteiger partial charge in [-0.1, -0.05) is 6.07 Å². The van der Waals surface area contributed by atoms with Crippen LogP contribution < -0.4 is 14.8 Å². The number of benzene rings is 1. The molecule has 2 atom stereocenters. The van der Waals surface area contributed by atoms with Crippen molar-refractivity contribution in [1.82, 2.24) is 5.32 Å². The molecule has 5 nitrogen and oxygen atoms in total. The highest BCUT2D eigenvalue weighted by Gasteiger charge is 2.19. The summed E-state index contributed by atoms with van der Waals surface area (Å²) in [5.41, 5.74) is 0.871. The minimum Gasteiger partial charge on any atom is -0.493 e. The van der Waals surface area contributed by atoms with Crippen LogP contribution in [-0.2, 0) is 4.74 Å². The second-order valence-corrected chi connectivity index (χ2v) is 4.95. The van der Waals surface area contributed by atoms with Crippen LogP contribution in [0.4, 0.5) is 0 Å². The van der Waals surface area contributed by atoms with Crippen molar-refractivity contribution in [3.63, 3.8) is 0 Å². The third-order valence-corrected chi connectivity index (χ3v) is 3.52. The molecular weight excluding hydrogens is 268 g/mol. The lowest BCUT2D eigenvalue weighted by atomic mass is 10.1. The van der Waals surface area contributed by atoms with Crippen molar-refractivity contribution < 1.29 is 14.2 Å². The van der Waals surface area contributed by atoms with Crippen LogP contribution in [0.1, 0.15) is 31.4 Å². The Bertz CT molecular complexity index is 493. The molecule has 0 aliphatic carbocycles. The summed E-state index contributed by atoms with van der Waals surface area (Å²) in [4.78, 5) is 0. The Morgan fingerprint density at radius 1 is 1.48 bits per heavy atom. The fourth-order valence-corrected chi connectivity index (χ4v) is 2.43. The van der Waals surface area contributed by atoms with E-state index in [0.717, 1.165) is 25.0 Å². The maximum atomic E-state index is 9.36. The van der Waals surface area contributed by atoms with Crippen molar-refractivity contribution in [3.8, 4) is 17.6 Å². The largest absolute Gasteiger partial charge is 0.493 e. The van der Waals surface area contributed by atoms with Crippen molar-refractivity contribution in [2.45, 2.75) is 31.9 Å². The van der Waals surface area contributed by atoms with Crippen LogP contribution in [-0.4, -0.2) is 33.0 Å². The molecule has 21 heavy (non-hydrogen) atoms. The summed E-state index contributed by atoms with van der Waals surface area (Å²) >= 11 is 0. The molecule has 2 unspecified atom stereocenters. The summed E-state index contributed by atoms with van der Waals surface area (Å²) in [6, 6.07) is 7.49. The van der Waals surface area contributed by atoms with Gasteiger partial charge in [-0.2, -0.15) is 5.26 Å². The van der Waals surface area contributed by atoms with E-state index in [0.29, 0.717) is 24.7 Å². The van der Waals surface area contributed by atoms with Crippen molar-refractivity contribution in [2.24, 2.45) is 0 Å². The Balaban J connectivity index is 2.04. The zero-order chi connectivity index (χ0) is 15.1. The van der Waals surface area contributed by atoms with Gasteiger partial charge in [-0.05, 0) is 37.5 Å². The number of ether oxygens (including phenoxy) is 3. The molecule has 0 aromatic heterocycles. The third kappa shape index (κ3) is 4.10. The molecule has 1 aliphatic rings. The smallest absolute Gasteiger partial charge is 0.161 e. The van der Waals surface area contributed by atoms with Gasteiger partial charge in [0.1, 0.15) is 6.04 Å². The first-order valence-corrected chi connectivity index (χ1v) is 7.33. The molecule has 0 amide bonds. The highest BCUT2D eigenvalue weighted by Crippen LogP contribution is 2.30. The number of methoxy groups -OCH3 is 1. The maximum absolute atomic E-state index is 9.36. The van der Waals surface area contributed by atoms with Crippen LogP contribution in [0.5, 0.6) is 11.5 Å². The van der Waals surface area contributed by atoms with Gasteiger partial charge in [0.05, 0.1) is 25.9 Å². The molecule has 1 aromatic carbocycles. The Morgan fingerprint density at radius 3 is 2.95 bits per heavy atom. The van der Waals surface area contributed by atoms with Crippen molar-refractivity contribution in [1.29, 1.82) is 5.26 Å². The summed E-state index contributed by atoms with van der Waals surface area (Å²) < 4.78 is 16.4. The first-order valence-electron chi connectivity index (χ1n) is 7.33. The Kier molecular flexibility index (Phi) is 5.85. The zero-order valence-electron chi connectivity index (χ0n) is 12.6. The number of nitriles is 1. The van der Waals surface area contributed by atoms with E-state index in [-0.39, 0.29) is 12.1 Å². The molecule has 114 valence electrons. The van der Waals surface area contributed by atoms with Crippen LogP contribution >= 0.6 is 0 Å². The van der Waals surface area contributed by atoms with E-state index in [4.69, 9.17) is 14.2 Å². The van der Waals surface area contributed by atoms with E-state index in [9.17, 15) is 5.26 Å². The van der Waals surface area contributed by atoms with Crippen molar-refractivity contribution in [3.05, 3.63) is 23.8 Å². The summed E-state index contributed by atoms with van der Waals surface area (Å²) in [7, 11) is 1.60. The van der Waals surface area contributed by atoms with E-state index >= 15 is 0 Å². The highest BCUT2D eigenvalue weighted by molar-refractivity contribution is 5.44. The Hall–Kier alpha value is -1.77. The molecule has 0 radical (unpaired) electrons. The van der Waals surface area contributed by atoms with E-state index in [1.165, 1.54) is 0 Å². The molecule has 5 heteroatoms. The summed E-state index contributed by atoms with van der Waals surface area (Å²) in [5, 5.41) is 12.6. The van der Waals surface area contributed by atoms with Crippen LogP contribution in [0.25, 0.3) is 0 Å². The van der Waals surface area contributed by atoms with Crippen molar-refractivity contribution >= 4 is 0 Å². The minimum atomic E-state index is -0.376. The van der Waals surface area contributed by atoms with Gasteiger partial charge in [0.2, 0.25) is 0 Å². The fraction of sp³-hybridized carbons (Fsp3) is 0.562. The lowest BCUT2D eigenvalue weighted by molar-refractivity contribution is 0.109. The molecule has 0 bridgehead atoms. The average molecular weight is 290 g/mol. The molecule has 0 spiro atoms. The van der Waals surface area contributed by atoms with E-state index < -0.39 is 0 Å². The SMILES string of the molecule is CCOc1ccc(C(C#N)NCC2CCCO2)cc1OC. The van der Waals surface area contributed by atoms with Gasteiger partial charge in [0.25, 0.3) is 0 Å². The standard InChI is InChI=1S/C16H22N2O3/c1-3-20-15-7-6-12(9-16(15)19-2)14(10-17)18-11-13-5-4-8-21-13/h6-7,9,13-14,18H,3-5,8,11H2,1-2H3. The van der Waals surface area contributed by atoms with Gasteiger partial charge in [-0.15, -0.1) is 0 Å². The predicted molar refractivity (Wildman–Crippen MR) is 79.5 cm³/mol. The molecule has 1 aliphatic heterocycles. The minimum absolute atomic E-state index is 0.213. The number of rotatable bonds is 7. The lowest BCUT2D eigenvalue weighted by Crippen LogP contribution is -2.29. The van der Waals surface area contributed by atoms with Gasteiger partial charge < -0.3 is 14.2 Å². The molecule has 1 fully saturated rings. The average Bonchev–Trinajstić information content (AvgIpc) is 3.02. The van der Waals surface area contributed by atoms with Crippen LogP contribution in [0, 0.1) is 11.3 Å². The molecule has 1 heterocycles. The molecule has 1 N–H and O–H groups in total. The number of nitrogens with one attached hydrogen (secondary N) is 1. The lowest BCUT2D eigenvalue weighted by Gasteiger charge is -2.17.